The Hall–Kier alpha value is -0.250. The molecule has 0 unspecified atom stereocenters. The third-order valence-corrected chi connectivity index (χ3v) is 9.18. The maximum absolute atomic E-state index is 2.51. The monoisotopic (exact) mass is 317 g/mol. The quantitative estimate of drug-likeness (QED) is 0.638. The molecule has 15 heavy (non-hydrogen) atoms. The van der Waals surface area contributed by atoms with Crippen LogP contribution < -0.4 is 0 Å². The van der Waals surface area contributed by atoms with Crippen LogP contribution in [0.15, 0.2) is 27.9 Å². The summed E-state index contributed by atoms with van der Waals surface area (Å²) in [5, 5.41) is 0. The Morgan fingerprint density at radius 2 is 1.80 bits per heavy atom. The summed E-state index contributed by atoms with van der Waals surface area (Å²) in [6.45, 7) is 7.05. The van der Waals surface area contributed by atoms with Crippen LogP contribution in [-0.2, 0) is 4.47 Å². The van der Waals surface area contributed by atoms with Crippen LogP contribution in [0.1, 0.15) is 31.9 Å². The summed E-state index contributed by atoms with van der Waals surface area (Å²) in [5.74, 6) is 0. The normalized spacial score (nSPS) is 17.2. The minimum atomic E-state index is -1.02. The summed E-state index contributed by atoms with van der Waals surface area (Å²) in [6.07, 6.45) is 2.47. The SMILES string of the molecule is C[Te+]1Cc2ccccc2C=C1C(C)(C)C. The molecule has 1 aliphatic rings. The first kappa shape index (κ1) is 11.2. The van der Waals surface area contributed by atoms with Crippen molar-refractivity contribution in [3.8, 4) is 0 Å². The van der Waals surface area contributed by atoms with Gasteiger partial charge in [-0.1, -0.05) is 0 Å². The zero-order valence-electron chi connectivity index (χ0n) is 10.0. The molecule has 0 N–H and O–H groups in total. The Bertz CT molecular complexity index is 396. The van der Waals surface area contributed by atoms with Gasteiger partial charge in [0.05, 0.1) is 0 Å². The van der Waals surface area contributed by atoms with Gasteiger partial charge in [0, 0.05) is 0 Å². The van der Waals surface area contributed by atoms with E-state index in [2.05, 4.69) is 56.1 Å². The molecule has 0 saturated carbocycles. The summed E-state index contributed by atoms with van der Waals surface area (Å²) in [5.41, 5.74) is 3.41. The van der Waals surface area contributed by atoms with Crippen molar-refractivity contribution in [2.24, 2.45) is 5.41 Å². The number of allylic oxidation sites excluding steroid dienone is 1. The van der Waals surface area contributed by atoms with Crippen LogP contribution in [0.25, 0.3) is 6.08 Å². The van der Waals surface area contributed by atoms with Crippen molar-refractivity contribution >= 4 is 25.6 Å². The molecule has 0 aliphatic carbocycles. The van der Waals surface area contributed by atoms with Crippen LogP contribution in [0.3, 0.4) is 0 Å². The molecule has 0 radical (unpaired) electrons. The Morgan fingerprint density at radius 1 is 1.13 bits per heavy atom. The van der Waals surface area contributed by atoms with Crippen LogP contribution in [0.2, 0.25) is 4.97 Å². The Balaban J connectivity index is 2.48. The Kier molecular flexibility index (Phi) is 2.97. The van der Waals surface area contributed by atoms with Gasteiger partial charge in [-0.2, -0.15) is 0 Å². The van der Waals surface area contributed by atoms with Gasteiger partial charge in [-0.3, -0.25) is 0 Å². The van der Waals surface area contributed by atoms with Crippen molar-refractivity contribution in [2.75, 3.05) is 0 Å². The first-order chi connectivity index (χ1) is 6.98. The topological polar surface area (TPSA) is 0 Å². The zero-order chi connectivity index (χ0) is 11.1. The maximum atomic E-state index is 2.51. The van der Waals surface area contributed by atoms with Gasteiger partial charge in [0.25, 0.3) is 0 Å². The number of hydrogen-bond donors (Lipinski definition) is 0. The first-order valence-corrected chi connectivity index (χ1v) is 10.6. The molecule has 2 rings (SSSR count). The predicted molar refractivity (Wildman–Crippen MR) is 69.2 cm³/mol. The third kappa shape index (κ3) is 2.30. The van der Waals surface area contributed by atoms with Crippen molar-refractivity contribution in [1.29, 1.82) is 0 Å². The second kappa shape index (κ2) is 3.96. The second-order valence-electron chi connectivity index (χ2n) is 5.24. The van der Waals surface area contributed by atoms with Gasteiger partial charge in [0.2, 0.25) is 0 Å². The van der Waals surface area contributed by atoms with Crippen molar-refractivity contribution in [3.05, 3.63) is 39.0 Å². The molecule has 0 aromatic heterocycles. The fourth-order valence-electron chi connectivity index (χ4n) is 2.10. The van der Waals surface area contributed by atoms with Crippen LogP contribution in [0.4, 0.5) is 0 Å². The van der Waals surface area contributed by atoms with E-state index < -0.39 is 19.6 Å². The molecule has 1 aromatic carbocycles. The molecule has 1 heteroatoms. The average Bonchev–Trinajstić information content (AvgIpc) is 2.15. The third-order valence-electron chi connectivity index (χ3n) is 2.83. The zero-order valence-corrected chi connectivity index (χ0v) is 12.3. The van der Waals surface area contributed by atoms with Gasteiger partial charge in [-0.05, 0) is 0 Å². The minimum absolute atomic E-state index is 0.374. The fourth-order valence-corrected chi connectivity index (χ4v) is 8.54. The fraction of sp³-hybridized carbons (Fsp3) is 0.429. The summed E-state index contributed by atoms with van der Waals surface area (Å²) >= 11 is -1.02. The summed E-state index contributed by atoms with van der Waals surface area (Å²) < 4.78 is 3.12. The van der Waals surface area contributed by atoms with Gasteiger partial charge < -0.3 is 0 Å². The molecular formula is C14H19Te+. The van der Waals surface area contributed by atoms with Crippen LogP contribution in [-0.4, -0.2) is 19.6 Å². The van der Waals surface area contributed by atoms with E-state index in [0.29, 0.717) is 5.41 Å². The molecule has 0 atom stereocenters. The van der Waals surface area contributed by atoms with Gasteiger partial charge >= 0.3 is 100 Å². The van der Waals surface area contributed by atoms with Gasteiger partial charge in [-0.25, -0.2) is 0 Å². The number of hydrogen-bond acceptors (Lipinski definition) is 0. The summed E-state index contributed by atoms with van der Waals surface area (Å²) in [7, 11) is 0. The second-order valence-corrected chi connectivity index (χ2v) is 11.0. The Morgan fingerprint density at radius 3 is 2.47 bits per heavy atom. The Labute approximate surface area is 100 Å². The number of rotatable bonds is 0. The van der Waals surface area contributed by atoms with E-state index in [1.807, 2.05) is 0 Å². The van der Waals surface area contributed by atoms with Gasteiger partial charge in [0.15, 0.2) is 0 Å². The number of fused-ring (bicyclic) bond motifs is 1. The molecule has 1 aromatic rings. The molecule has 0 spiro atoms. The van der Waals surface area contributed by atoms with E-state index in [1.165, 1.54) is 10.0 Å². The summed E-state index contributed by atoms with van der Waals surface area (Å²) in [6, 6.07) is 8.87. The molecule has 1 aliphatic heterocycles. The van der Waals surface area contributed by atoms with Gasteiger partial charge in [-0.15, -0.1) is 0 Å². The molecule has 0 nitrogen and oxygen atoms in total. The van der Waals surface area contributed by atoms with Crippen molar-refractivity contribution < 1.29 is 0 Å². The summed E-state index contributed by atoms with van der Waals surface area (Å²) in [4.78, 5) is 2.51. The first-order valence-electron chi connectivity index (χ1n) is 5.41. The standard InChI is InChI=1S/C14H19Te/c1-14(2,3)13-9-11-7-5-6-8-12(11)10-15(13)4/h5-9H,10H2,1-4H3/q+1. The van der Waals surface area contributed by atoms with Gasteiger partial charge in [0.1, 0.15) is 0 Å². The molecular weight excluding hydrogens is 296 g/mol. The number of benzene rings is 1. The molecule has 0 bridgehead atoms. The van der Waals surface area contributed by atoms with E-state index in [-0.39, 0.29) is 0 Å². The molecule has 80 valence electrons. The molecule has 0 saturated heterocycles. The van der Waals surface area contributed by atoms with E-state index in [0.717, 1.165) is 0 Å². The van der Waals surface area contributed by atoms with Crippen molar-refractivity contribution in [1.82, 2.24) is 0 Å². The van der Waals surface area contributed by atoms with E-state index in [4.69, 9.17) is 0 Å². The molecule has 1 heterocycles. The molecule has 0 fully saturated rings. The molecule has 0 amide bonds. The predicted octanol–water partition coefficient (Wildman–Crippen LogP) is 3.88. The van der Waals surface area contributed by atoms with Crippen LogP contribution in [0, 0.1) is 5.41 Å². The van der Waals surface area contributed by atoms with E-state index >= 15 is 0 Å². The van der Waals surface area contributed by atoms with E-state index in [9.17, 15) is 0 Å². The van der Waals surface area contributed by atoms with Crippen LogP contribution >= 0.6 is 0 Å². The van der Waals surface area contributed by atoms with Crippen LogP contribution in [0.5, 0.6) is 0 Å². The van der Waals surface area contributed by atoms with E-state index in [1.54, 1.807) is 9.18 Å². The van der Waals surface area contributed by atoms with Crippen molar-refractivity contribution in [3.63, 3.8) is 0 Å². The average molecular weight is 315 g/mol. The van der Waals surface area contributed by atoms with Crippen molar-refractivity contribution in [2.45, 2.75) is 30.2 Å².